The minimum Gasteiger partial charge on any atom is -0.480 e. The van der Waals surface area contributed by atoms with Crippen LogP contribution in [-0.2, 0) is 39.7 Å². The molecule has 3 aromatic carbocycles. The number of aryl methyl sites for hydroxylation is 3. The van der Waals surface area contributed by atoms with Crippen molar-refractivity contribution < 1.29 is 45.1 Å². The van der Waals surface area contributed by atoms with Crippen molar-refractivity contribution in [3.8, 4) is 0 Å². The number of hydrogen-bond donors (Lipinski definition) is 2. The Morgan fingerprint density at radius 1 is 0.468 bits per heavy atom. The van der Waals surface area contributed by atoms with Gasteiger partial charge in [0.2, 0.25) is 30.1 Å². The van der Waals surface area contributed by atoms with Gasteiger partial charge in [0.05, 0.1) is 14.7 Å². The van der Waals surface area contributed by atoms with E-state index >= 15 is 0 Å². The molecule has 260 valence electrons. The van der Waals surface area contributed by atoms with Crippen LogP contribution in [-0.4, -0.2) is 99.6 Å². The average molecular weight is 755 g/mol. The second-order valence-electron chi connectivity index (χ2n) is 10.3. The van der Waals surface area contributed by atoms with E-state index in [4.69, 9.17) is 0 Å². The van der Waals surface area contributed by atoms with E-state index in [1.54, 1.807) is 32.9 Å². The number of carboxylic acids is 2. The molecule has 0 atom stereocenters. The molecule has 0 spiro atoms. The highest BCUT2D eigenvalue weighted by Gasteiger charge is 2.33. The van der Waals surface area contributed by atoms with Gasteiger partial charge in [-0.05, 0) is 57.2 Å². The summed E-state index contributed by atoms with van der Waals surface area (Å²) in [6.45, 7) is 0.948. The Morgan fingerprint density at radius 3 is 0.915 bits per heavy atom. The summed E-state index contributed by atoms with van der Waals surface area (Å²) in [4.78, 5) is 22.7. The fraction of sp³-hybridized carbons (Fsp3) is 0.310. The van der Waals surface area contributed by atoms with Crippen molar-refractivity contribution in [3.05, 3.63) is 89.5 Å². The van der Waals surface area contributed by atoms with Crippen molar-refractivity contribution in [1.82, 2.24) is 12.9 Å². The Balaban J connectivity index is 0.00000552. The molecule has 0 radical (unpaired) electrons. The van der Waals surface area contributed by atoms with Crippen LogP contribution < -0.4 is 0 Å². The topological polar surface area (TPSA) is 187 Å². The third-order valence-corrected chi connectivity index (χ3v) is 12.4. The van der Waals surface area contributed by atoms with Gasteiger partial charge in [0.1, 0.15) is 13.1 Å². The van der Waals surface area contributed by atoms with Gasteiger partial charge in [-0.25, -0.2) is 25.3 Å². The molecular weight excluding hydrogens is 717 g/mol. The lowest BCUT2D eigenvalue weighted by Crippen LogP contribution is -2.46. The molecule has 0 amide bonds. The maximum Gasteiger partial charge on any atom is 0.318 e. The van der Waals surface area contributed by atoms with Crippen LogP contribution in [0.5, 0.6) is 0 Å². The lowest BCUT2D eigenvalue weighted by atomic mass is 10.2. The van der Waals surface area contributed by atoms with Crippen LogP contribution in [0.1, 0.15) is 16.7 Å². The number of sulfonamides is 3. The summed E-state index contributed by atoms with van der Waals surface area (Å²) < 4.78 is 83.2. The zero-order chi connectivity index (χ0) is 33.6. The van der Waals surface area contributed by atoms with Crippen LogP contribution in [0, 0.1) is 20.8 Å². The summed E-state index contributed by atoms with van der Waals surface area (Å²) in [6.07, 6.45) is 0. The van der Waals surface area contributed by atoms with Crippen LogP contribution in [0.25, 0.3) is 0 Å². The number of halogens is 2. The van der Waals surface area contributed by atoms with E-state index in [1.807, 2.05) is 0 Å². The number of carbonyl (C=O) groups is 2. The largest absolute Gasteiger partial charge is 0.480 e. The highest BCUT2D eigenvalue weighted by atomic mass is 35.5. The van der Waals surface area contributed by atoms with E-state index in [2.05, 4.69) is 0 Å². The predicted molar refractivity (Wildman–Crippen MR) is 180 cm³/mol. The molecular formula is C29H37Cl2N3O10S3. The van der Waals surface area contributed by atoms with Crippen molar-refractivity contribution >= 4 is 66.8 Å². The van der Waals surface area contributed by atoms with E-state index in [9.17, 15) is 45.1 Å². The summed E-state index contributed by atoms with van der Waals surface area (Å²) in [6, 6.07) is 17.1. The van der Waals surface area contributed by atoms with Crippen molar-refractivity contribution in [3.63, 3.8) is 0 Å². The Labute approximate surface area is 287 Å². The summed E-state index contributed by atoms with van der Waals surface area (Å²) in [5, 5.41) is 19.0. The molecule has 0 heterocycles. The highest BCUT2D eigenvalue weighted by molar-refractivity contribution is 7.89. The Bertz CT molecular complexity index is 1740. The van der Waals surface area contributed by atoms with E-state index < -0.39 is 81.3 Å². The molecule has 3 rings (SSSR count). The maximum atomic E-state index is 13.8. The summed E-state index contributed by atoms with van der Waals surface area (Å²) in [5.41, 5.74) is 2.29. The smallest absolute Gasteiger partial charge is 0.318 e. The second-order valence-corrected chi connectivity index (χ2v) is 16.1. The molecule has 2 N–H and O–H groups in total. The van der Waals surface area contributed by atoms with Crippen LogP contribution >= 0.6 is 24.8 Å². The zero-order valence-electron chi connectivity index (χ0n) is 25.7. The first-order valence-electron chi connectivity index (χ1n) is 13.6. The molecule has 0 unspecified atom stereocenters. The quantitative estimate of drug-likeness (QED) is 0.220. The first-order chi connectivity index (χ1) is 20.9. The van der Waals surface area contributed by atoms with Crippen molar-refractivity contribution in [2.45, 2.75) is 35.5 Å². The molecule has 0 saturated heterocycles. The molecule has 0 aliphatic carbocycles. The van der Waals surface area contributed by atoms with E-state index in [0.717, 1.165) is 21.0 Å². The lowest BCUT2D eigenvalue weighted by molar-refractivity contribution is -0.138. The van der Waals surface area contributed by atoms with Gasteiger partial charge in [-0.15, -0.1) is 24.8 Å². The van der Waals surface area contributed by atoms with Gasteiger partial charge in [0.25, 0.3) is 0 Å². The number of rotatable bonds is 16. The molecule has 18 heteroatoms. The SMILES string of the molecule is Cc1ccc(S(=O)(=O)N(CCN(CC(=O)O)S(=O)(=O)c2ccc(C)cc2)CCN(CC(=O)O)S(=O)(=O)c2ccc(C)cc2)cc1.Cl.Cl. The fourth-order valence-electron chi connectivity index (χ4n) is 4.25. The van der Waals surface area contributed by atoms with Crippen molar-refractivity contribution in [2.24, 2.45) is 0 Å². The van der Waals surface area contributed by atoms with Crippen molar-refractivity contribution in [1.29, 1.82) is 0 Å². The molecule has 47 heavy (non-hydrogen) atoms. The monoisotopic (exact) mass is 753 g/mol. The minimum atomic E-state index is -4.40. The Morgan fingerprint density at radius 2 is 0.681 bits per heavy atom. The van der Waals surface area contributed by atoms with E-state index in [-0.39, 0.29) is 39.5 Å². The number of aliphatic carboxylic acids is 2. The van der Waals surface area contributed by atoms with Gasteiger partial charge in [0, 0.05) is 26.2 Å². The van der Waals surface area contributed by atoms with Gasteiger partial charge in [0.15, 0.2) is 0 Å². The van der Waals surface area contributed by atoms with Gasteiger partial charge in [-0.3, -0.25) is 9.59 Å². The highest BCUT2D eigenvalue weighted by Crippen LogP contribution is 2.21. The summed E-state index contributed by atoms with van der Waals surface area (Å²) in [5.74, 6) is -2.95. The summed E-state index contributed by atoms with van der Waals surface area (Å²) in [7, 11) is -13.2. The molecule has 0 aliphatic rings. The molecule has 0 bridgehead atoms. The van der Waals surface area contributed by atoms with Gasteiger partial charge >= 0.3 is 11.9 Å². The molecule has 0 fully saturated rings. The van der Waals surface area contributed by atoms with Gasteiger partial charge in [-0.1, -0.05) is 53.1 Å². The van der Waals surface area contributed by atoms with Crippen LogP contribution in [0.3, 0.4) is 0 Å². The first-order valence-corrected chi connectivity index (χ1v) is 17.9. The van der Waals surface area contributed by atoms with Gasteiger partial charge < -0.3 is 10.2 Å². The summed E-state index contributed by atoms with van der Waals surface area (Å²) >= 11 is 0. The number of nitrogens with zero attached hydrogens (tertiary/aromatic N) is 3. The van der Waals surface area contributed by atoms with Crippen LogP contribution in [0.15, 0.2) is 87.5 Å². The molecule has 13 nitrogen and oxygen atoms in total. The molecule has 0 saturated carbocycles. The third kappa shape index (κ3) is 11.0. The van der Waals surface area contributed by atoms with Crippen LogP contribution in [0.4, 0.5) is 0 Å². The lowest BCUT2D eigenvalue weighted by Gasteiger charge is -2.28. The fourth-order valence-corrected chi connectivity index (χ4v) is 8.43. The normalized spacial score (nSPS) is 12.0. The standard InChI is InChI=1S/C29H35N3O10S3.2ClH/c1-22-4-10-25(11-5-22)43(37,38)30(16-18-31(20-28(33)34)44(39,40)26-12-6-23(2)7-13-26)17-19-32(21-29(35)36)45(41,42)27-14-8-24(3)9-15-27;;/h4-15H,16-21H2,1-3H3,(H,33,34)(H,35,36);2*1H. The van der Waals surface area contributed by atoms with Crippen LogP contribution in [0.2, 0.25) is 0 Å². The average Bonchev–Trinajstić information content (AvgIpc) is 2.96. The second kappa shape index (κ2) is 17.3. The Hall–Kier alpha value is -3.09. The number of carboxylic acid groups (broad SMARTS) is 2. The van der Waals surface area contributed by atoms with Crippen molar-refractivity contribution in [2.75, 3.05) is 39.3 Å². The minimum absolute atomic E-state index is 0. The molecule has 0 aliphatic heterocycles. The first kappa shape index (κ1) is 41.9. The third-order valence-electron chi connectivity index (χ3n) is 6.80. The van der Waals surface area contributed by atoms with E-state index in [1.165, 1.54) is 60.7 Å². The van der Waals surface area contributed by atoms with E-state index in [0.29, 0.717) is 8.61 Å². The zero-order valence-corrected chi connectivity index (χ0v) is 29.8. The number of benzene rings is 3. The van der Waals surface area contributed by atoms with Gasteiger partial charge in [-0.2, -0.15) is 12.9 Å². The maximum absolute atomic E-state index is 13.8. The Kier molecular flexibility index (Phi) is 15.5. The number of hydrogen-bond acceptors (Lipinski definition) is 8. The predicted octanol–water partition coefficient (Wildman–Crippen LogP) is 3.00. The molecule has 3 aromatic rings. The molecule has 0 aromatic heterocycles.